The average Bonchev–Trinajstić information content (AvgIpc) is 3.79. The van der Waals surface area contributed by atoms with Crippen molar-refractivity contribution >= 4 is 48.0 Å². The number of hydrogen-bond donors (Lipinski definition) is 1. The van der Waals surface area contributed by atoms with Crippen molar-refractivity contribution in [3.05, 3.63) is 90.1 Å². The predicted molar refractivity (Wildman–Crippen MR) is 159 cm³/mol. The number of ether oxygens (including phenoxy) is 1. The van der Waals surface area contributed by atoms with E-state index >= 15 is 0 Å². The first-order valence-corrected chi connectivity index (χ1v) is 14.8. The number of carbonyl (C=O) groups excluding carboxylic acids is 1. The van der Waals surface area contributed by atoms with Crippen molar-refractivity contribution in [1.29, 1.82) is 0 Å². The summed E-state index contributed by atoms with van der Waals surface area (Å²) in [6.45, 7) is 3.07. The van der Waals surface area contributed by atoms with E-state index in [1.807, 2.05) is 29.2 Å². The number of anilines is 1. The summed E-state index contributed by atoms with van der Waals surface area (Å²) >= 11 is 0. The van der Waals surface area contributed by atoms with Crippen LogP contribution in [-0.4, -0.2) is 58.2 Å². The van der Waals surface area contributed by atoms with Crippen LogP contribution in [0.25, 0.3) is 10.9 Å². The minimum atomic E-state index is -1.56. The molecule has 2 heterocycles. The smallest absolute Gasteiger partial charge is 0.254 e. The summed E-state index contributed by atoms with van der Waals surface area (Å²) in [7, 11) is 2.74. The van der Waals surface area contributed by atoms with Gasteiger partial charge in [0.1, 0.15) is 5.75 Å². The zero-order valence-electron chi connectivity index (χ0n) is 21.8. The topological polar surface area (TPSA) is 74.8 Å². The second kappa shape index (κ2) is 10.7. The van der Waals surface area contributed by atoms with Crippen molar-refractivity contribution in [1.82, 2.24) is 14.8 Å². The number of methoxy groups -OCH3 is 1. The van der Waals surface area contributed by atoms with Crippen LogP contribution in [0.1, 0.15) is 28.8 Å². The highest BCUT2D eigenvalue weighted by Crippen LogP contribution is 2.51. The molecule has 2 aliphatic rings. The van der Waals surface area contributed by atoms with Crippen molar-refractivity contribution in [3.8, 4) is 5.75 Å². The van der Waals surface area contributed by atoms with Gasteiger partial charge in [0.25, 0.3) is 5.91 Å². The summed E-state index contributed by atoms with van der Waals surface area (Å²) in [5, 5.41) is 2.11. The molecular formula is C30H31N4O3PS. The lowest BCUT2D eigenvalue weighted by Crippen LogP contribution is -2.52. The third kappa shape index (κ3) is 5.05. The quantitative estimate of drug-likeness (QED) is 0.342. The van der Waals surface area contributed by atoms with Crippen molar-refractivity contribution in [3.63, 3.8) is 0 Å². The van der Waals surface area contributed by atoms with E-state index in [4.69, 9.17) is 4.74 Å². The Labute approximate surface area is 233 Å². The molecule has 1 saturated heterocycles. The number of fused-ring (bicyclic) bond motifs is 1. The van der Waals surface area contributed by atoms with Crippen LogP contribution >= 0.6 is 9.24 Å². The Morgan fingerprint density at radius 1 is 1.00 bits per heavy atom. The van der Waals surface area contributed by atoms with Crippen LogP contribution in [0.4, 0.5) is 5.69 Å². The summed E-state index contributed by atoms with van der Waals surface area (Å²) < 4.78 is 21.8. The molecular weight excluding hydrogens is 527 g/mol. The molecule has 2 fully saturated rings. The second-order valence-corrected chi connectivity index (χ2v) is 11.9. The first-order valence-electron chi connectivity index (χ1n) is 13.1. The standard InChI is InChI=1S/C30H31N4O3PS/c1-37-26-20-22(7-12-25(26)32-39(36)27-6-2-4-21-5-3-15-31-28(21)27)29(35)33-16-18-34(19-17-33)30(13-14-30)23-8-10-24(38)11-9-23/h2-12,15,20,32H,13-14,16-19,38H2,1H3. The van der Waals surface area contributed by atoms with E-state index in [0.717, 1.165) is 18.5 Å². The maximum atomic E-state index is 13.4. The molecule has 1 N–H and O–H groups in total. The van der Waals surface area contributed by atoms with Gasteiger partial charge in [-0.2, -0.15) is 0 Å². The van der Waals surface area contributed by atoms with E-state index in [-0.39, 0.29) is 11.4 Å². The molecule has 2 unspecified atom stereocenters. The number of carbonyl (C=O) groups is 1. The summed E-state index contributed by atoms with van der Waals surface area (Å²) in [6.07, 6.45) is 4.02. The van der Waals surface area contributed by atoms with E-state index in [9.17, 15) is 9.00 Å². The highest BCUT2D eigenvalue weighted by atomic mass is 32.2. The van der Waals surface area contributed by atoms with Gasteiger partial charge in [0.05, 0.1) is 23.2 Å². The highest BCUT2D eigenvalue weighted by molar-refractivity contribution is 7.86. The monoisotopic (exact) mass is 558 g/mol. The SMILES string of the molecule is COc1cc(C(=O)N2CCN(C3(c4ccc(P)cc4)CC3)CC2)ccc1NS(=O)c1cccc2cccnc12. The van der Waals surface area contributed by atoms with Crippen LogP contribution < -0.4 is 14.8 Å². The molecule has 0 spiro atoms. The van der Waals surface area contributed by atoms with E-state index in [1.54, 1.807) is 37.6 Å². The Morgan fingerprint density at radius 3 is 2.46 bits per heavy atom. The van der Waals surface area contributed by atoms with Gasteiger partial charge in [-0.3, -0.25) is 19.4 Å². The van der Waals surface area contributed by atoms with Crippen molar-refractivity contribution < 1.29 is 13.7 Å². The summed E-state index contributed by atoms with van der Waals surface area (Å²) in [5.41, 5.74) is 3.29. The number of aromatic nitrogens is 1. The molecule has 200 valence electrons. The van der Waals surface area contributed by atoms with Crippen molar-refractivity contribution in [2.24, 2.45) is 0 Å². The van der Waals surface area contributed by atoms with Gasteiger partial charge in [-0.25, -0.2) is 4.21 Å². The number of para-hydroxylation sites is 1. The number of nitrogens with zero attached hydrogens (tertiary/aromatic N) is 3. The largest absolute Gasteiger partial charge is 0.495 e. The molecule has 2 atom stereocenters. The van der Waals surface area contributed by atoms with E-state index in [2.05, 4.69) is 48.1 Å². The fourth-order valence-electron chi connectivity index (χ4n) is 5.51. The minimum Gasteiger partial charge on any atom is -0.495 e. The third-order valence-corrected chi connectivity index (χ3v) is 9.31. The van der Waals surface area contributed by atoms with E-state index < -0.39 is 11.0 Å². The first-order chi connectivity index (χ1) is 19.0. The lowest BCUT2D eigenvalue weighted by atomic mass is 10.0. The molecule has 1 amide bonds. The van der Waals surface area contributed by atoms with Crippen molar-refractivity contribution in [2.45, 2.75) is 23.3 Å². The van der Waals surface area contributed by atoms with Gasteiger partial charge in [0, 0.05) is 48.9 Å². The van der Waals surface area contributed by atoms with Gasteiger partial charge in [0.2, 0.25) is 0 Å². The molecule has 0 radical (unpaired) electrons. The summed E-state index contributed by atoms with van der Waals surface area (Å²) in [6, 6.07) is 23.4. The Kier molecular flexibility index (Phi) is 7.10. The van der Waals surface area contributed by atoms with E-state index in [1.165, 1.54) is 23.7 Å². The molecule has 1 aliphatic carbocycles. The average molecular weight is 559 g/mol. The van der Waals surface area contributed by atoms with Crippen LogP contribution in [0, 0.1) is 0 Å². The number of amides is 1. The number of pyridine rings is 1. The molecule has 1 aliphatic heterocycles. The molecule has 4 aromatic rings. The second-order valence-electron chi connectivity index (χ2n) is 10.0. The maximum absolute atomic E-state index is 13.4. The fraction of sp³-hybridized carbons (Fsp3) is 0.267. The van der Waals surface area contributed by atoms with E-state index in [0.29, 0.717) is 40.5 Å². The van der Waals surface area contributed by atoms with Crippen molar-refractivity contribution in [2.75, 3.05) is 38.0 Å². The number of nitrogens with one attached hydrogen (secondary N) is 1. The van der Waals surface area contributed by atoms with Crippen LogP contribution in [0.2, 0.25) is 0 Å². The van der Waals surface area contributed by atoms with Gasteiger partial charge >= 0.3 is 0 Å². The van der Waals surface area contributed by atoms with Crippen LogP contribution in [0.3, 0.4) is 0 Å². The third-order valence-electron chi connectivity index (χ3n) is 7.79. The summed E-state index contributed by atoms with van der Waals surface area (Å²) in [5.74, 6) is 0.451. The number of piperazine rings is 1. The van der Waals surface area contributed by atoms with Gasteiger partial charge in [0.15, 0.2) is 11.0 Å². The molecule has 1 aromatic heterocycles. The molecule has 39 heavy (non-hydrogen) atoms. The molecule has 0 bridgehead atoms. The Bertz CT molecular complexity index is 1540. The zero-order chi connectivity index (χ0) is 27.0. The normalized spacial score (nSPS) is 17.5. The molecule has 6 rings (SSSR count). The molecule has 7 nitrogen and oxygen atoms in total. The maximum Gasteiger partial charge on any atom is 0.254 e. The first kappa shape index (κ1) is 25.9. The zero-order valence-corrected chi connectivity index (χ0v) is 23.8. The lowest BCUT2D eigenvalue weighted by molar-refractivity contribution is 0.0531. The highest BCUT2D eigenvalue weighted by Gasteiger charge is 2.50. The van der Waals surface area contributed by atoms with Crippen LogP contribution in [0.15, 0.2) is 83.9 Å². The number of benzene rings is 3. The number of hydrogen-bond acceptors (Lipinski definition) is 5. The molecule has 3 aromatic carbocycles. The lowest BCUT2D eigenvalue weighted by Gasteiger charge is -2.40. The molecule has 9 heteroatoms. The van der Waals surface area contributed by atoms with Gasteiger partial charge in [-0.1, -0.05) is 42.5 Å². The van der Waals surface area contributed by atoms with Crippen LogP contribution in [0.5, 0.6) is 5.75 Å². The Morgan fingerprint density at radius 2 is 1.74 bits per heavy atom. The number of rotatable bonds is 7. The Hall–Kier alpha value is -3.32. The molecule has 1 saturated carbocycles. The fourth-order valence-corrected chi connectivity index (χ4v) is 6.73. The van der Waals surface area contributed by atoms with Gasteiger partial charge < -0.3 is 9.64 Å². The predicted octanol–water partition coefficient (Wildman–Crippen LogP) is 4.33. The van der Waals surface area contributed by atoms with Gasteiger partial charge in [-0.05, 0) is 54.0 Å². The minimum absolute atomic E-state index is 0.0175. The van der Waals surface area contributed by atoms with Crippen LogP contribution in [-0.2, 0) is 16.5 Å². The summed E-state index contributed by atoms with van der Waals surface area (Å²) in [4.78, 5) is 22.9. The Balaban J connectivity index is 1.13. The van der Waals surface area contributed by atoms with Gasteiger partial charge in [-0.15, -0.1) is 9.24 Å².